The largest absolute Gasteiger partial charge is 0.355 e. The van der Waals surface area contributed by atoms with Gasteiger partial charge in [0.25, 0.3) is 0 Å². The van der Waals surface area contributed by atoms with Crippen LogP contribution in [0.3, 0.4) is 0 Å². The van der Waals surface area contributed by atoms with E-state index in [1.807, 2.05) is 0 Å². The van der Waals surface area contributed by atoms with E-state index < -0.39 is 5.82 Å². The van der Waals surface area contributed by atoms with Crippen molar-refractivity contribution in [3.8, 4) is 11.8 Å². The molecule has 0 aliphatic carbocycles. The molecule has 0 saturated carbocycles. The van der Waals surface area contributed by atoms with E-state index in [1.54, 1.807) is 0 Å². The molecule has 1 aromatic rings. The number of rotatable bonds is 3. The van der Waals surface area contributed by atoms with E-state index in [4.69, 9.17) is 0 Å². The Kier molecular flexibility index (Phi) is 4.89. The van der Waals surface area contributed by atoms with E-state index in [2.05, 4.69) is 17.2 Å². The predicted molar refractivity (Wildman–Crippen MR) is 62.0 cm³/mol. The van der Waals surface area contributed by atoms with Crippen LogP contribution in [0.1, 0.15) is 29.3 Å². The first-order valence-electron chi connectivity index (χ1n) is 5.11. The van der Waals surface area contributed by atoms with Gasteiger partial charge in [-0.3, -0.25) is 9.59 Å². The summed E-state index contributed by atoms with van der Waals surface area (Å²) in [7, 11) is 0. The lowest BCUT2D eigenvalue weighted by Crippen LogP contribution is -2.20. The molecule has 0 unspecified atom stereocenters. The number of hydrogen-bond donors (Lipinski definition) is 1. The minimum absolute atomic E-state index is 0.00124. The lowest BCUT2D eigenvalue weighted by Gasteiger charge is -1.96. The quantitative estimate of drug-likeness (QED) is 0.488. The number of halogens is 1. The SMILES string of the molecule is CC(=O)NCCC#Cc1ccc(F)c(C=O)c1. The van der Waals surface area contributed by atoms with Crippen molar-refractivity contribution in [2.45, 2.75) is 13.3 Å². The van der Waals surface area contributed by atoms with Gasteiger partial charge in [0.1, 0.15) is 5.82 Å². The number of carbonyl (C=O) groups is 2. The summed E-state index contributed by atoms with van der Waals surface area (Å²) in [6.45, 7) is 1.91. The third-order valence-corrected chi connectivity index (χ3v) is 1.98. The van der Waals surface area contributed by atoms with Gasteiger partial charge in [0.15, 0.2) is 6.29 Å². The fraction of sp³-hybridized carbons (Fsp3) is 0.231. The van der Waals surface area contributed by atoms with Crippen LogP contribution in [0.4, 0.5) is 4.39 Å². The second kappa shape index (κ2) is 6.44. The molecule has 1 rings (SSSR count). The molecule has 0 heterocycles. The Morgan fingerprint density at radius 2 is 2.29 bits per heavy atom. The molecule has 1 N–H and O–H groups in total. The van der Waals surface area contributed by atoms with Crippen LogP contribution in [0.15, 0.2) is 18.2 Å². The normalized spacial score (nSPS) is 9.06. The van der Waals surface area contributed by atoms with E-state index in [1.165, 1.54) is 25.1 Å². The minimum atomic E-state index is -0.552. The maximum absolute atomic E-state index is 13.0. The molecule has 17 heavy (non-hydrogen) atoms. The summed E-state index contributed by atoms with van der Waals surface area (Å²) < 4.78 is 13.0. The first-order valence-corrected chi connectivity index (χ1v) is 5.11. The zero-order valence-electron chi connectivity index (χ0n) is 9.42. The third-order valence-electron chi connectivity index (χ3n) is 1.98. The van der Waals surface area contributed by atoms with Gasteiger partial charge >= 0.3 is 0 Å². The summed E-state index contributed by atoms with van der Waals surface area (Å²) in [4.78, 5) is 21.1. The Morgan fingerprint density at radius 1 is 1.53 bits per heavy atom. The van der Waals surface area contributed by atoms with Crippen molar-refractivity contribution in [2.24, 2.45) is 0 Å². The fourth-order valence-corrected chi connectivity index (χ4v) is 1.18. The van der Waals surface area contributed by atoms with Crippen molar-refractivity contribution >= 4 is 12.2 Å². The Hall–Kier alpha value is -2.15. The third kappa shape index (κ3) is 4.47. The molecule has 0 fully saturated rings. The van der Waals surface area contributed by atoms with Gasteiger partial charge in [-0.15, -0.1) is 0 Å². The zero-order chi connectivity index (χ0) is 12.7. The highest BCUT2D eigenvalue weighted by atomic mass is 19.1. The van der Waals surface area contributed by atoms with E-state index in [0.29, 0.717) is 24.8 Å². The Balaban J connectivity index is 2.60. The molecule has 0 aliphatic rings. The first-order chi connectivity index (χ1) is 8.13. The van der Waals surface area contributed by atoms with Gasteiger partial charge in [-0.2, -0.15) is 0 Å². The number of benzene rings is 1. The lowest BCUT2D eigenvalue weighted by molar-refractivity contribution is -0.118. The number of amides is 1. The smallest absolute Gasteiger partial charge is 0.216 e. The highest BCUT2D eigenvalue weighted by Gasteiger charge is 2.00. The number of nitrogens with one attached hydrogen (secondary N) is 1. The second-order valence-corrected chi connectivity index (χ2v) is 3.39. The van der Waals surface area contributed by atoms with Crippen LogP contribution < -0.4 is 5.32 Å². The monoisotopic (exact) mass is 233 g/mol. The molecule has 0 aromatic heterocycles. The van der Waals surface area contributed by atoms with Crippen molar-refractivity contribution in [2.75, 3.05) is 6.54 Å². The van der Waals surface area contributed by atoms with Crippen molar-refractivity contribution in [3.05, 3.63) is 35.1 Å². The maximum Gasteiger partial charge on any atom is 0.216 e. The van der Waals surface area contributed by atoms with Crippen molar-refractivity contribution in [1.82, 2.24) is 5.32 Å². The van der Waals surface area contributed by atoms with E-state index in [-0.39, 0.29) is 11.5 Å². The molecule has 0 saturated heterocycles. The van der Waals surface area contributed by atoms with E-state index in [0.717, 1.165) is 0 Å². The highest BCUT2D eigenvalue weighted by Crippen LogP contribution is 2.07. The van der Waals surface area contributed by atoms with Gasteiger partial charge in [-0.05, 0) is 18.2 Å². The summed E-state index contributed by atoms with van der Waals surface area (Å²) in [5.74, 6) is 4.97. The lowest BCUT2D eigenvalue weighted by atomic mass is 10.1. The molecule has 0 aliphatic heterocycles. The minimum Gasteiger partial charge on any atom is -0.355 e. The molecule has 88 valence electrons. The van der Waals surface area contributed by atoms with Crippen LogP contribution >= 0.6 is 0 Å². The molecule has 0 bridgehead atoms. The van der Waals surface area contributed by atoms with Crippen LogP contribution in [0, 0.1) is 17.7 Å². The molecule has 4 heteroatoms. The molecular weight excluding hydrogens is 221 g/mol. The van der Waals surface area contributed by atoms with Crippen LogP contribution in [0.25, 0.3) is 0 Å². The molecule has 1 amide bonds. The van der Waals surface area contributed by atoms with E-state index in [9.17, 15) is 14.0 Å². The average Bonchev–Trinajstić information content (AvgIpc) is 2.30. The van der Waals surface area contributed by atoms with E-state index >= 15 is 0 Å². The molecule has 3 nitrogen and oxygen atoms in total. The van der Waals surface area contributed by atoms with Gasteiger partial charge in [-0.25, -0.2) is 4.39 Å². The van der Waals surface area contributed by atoms with Gasteiger partial charge in [0.05, 0.1) is 5.56 Å². The van der Waals surface area contributed by atoms with Crippen molar-refractivity contribution < 1.29 is 14.0 Å². The molecule has 0 radical (unpaired) electrons. The van der Waals surface area contributed by atoms with Crippen LogP contribution in [0.2, 0.25) is 0 Å². The van der Waals surface area contributed by atoms with Crippen LogP contribution in [-0.2, 0) is 4.79 Å². The Bertz CT molecular complexity index is 486. The first kappa shape index (κ1) is 12.9. The summed E-state index contributed by atoms with van der Waals surface area (Å²) in [5.41, 5.74) is 0.579. The average molecular weight is 233 g/mol. The summed E-state index contributed by atoms with van der Waals surface area (Å²) >= 11 is 0. The van der Waals surface area contributed by atoms with Gasteiger partial charge in [0.2, 0.25) is 5.91 Å². The van der Waals surface area contributed by atoms with Gasteiger partial charge in [0, 0.05) is 25.5 Å². The maximum atomic E-state index is 13.0. The Labute approximate surface area is 99.0 Å². The molecule has 0 atom stereocenters. The van der Waals surface area contributed by atoms with Crippen LogP contribution in [-0.4, -0.2) is 18.7 Å². The van der Waals surface area contributed by atoms with Gasteiger partial charge < -0.3 is 5.32 Å². The fourth-order valence-electron chi connectivity index (χ4n) is 1.18. The number of aldehydes is 1. The summed E-state index contributed by atoms with van der Waals surface area (Å²) in [6.07, 6.45) is 0.963. The predicted octanol–water partition coefficient (Wildman–Crippen LogP) is 1.52. The topological polar surface area (TPSA) is 46.2 Å². The molecule has 1 aromatic carbocycles. The number of hydrogen-bond acceptors (Lipinski definition) is 2. The van der Waals surface area contributed by atoms with Crippen molar-refractivity contribution in [3.63, 3.8) is 0 Å². The van der Waals surface area contributed by atoms with Crippen LogP contribution in [0.5, 0.6) is 0 Å². The molecular formula is C13H12FNO2. The highest BCUT2D eigenvalue weighted by molar-refractivity contribution is 5.76. The Morgan fingerprint density at radius 3 is 2.94 bits per heavy atom. The van der Waals surface area contributed by atoms with Gasteiger partial charge in [-0.1, -0.05) is 11.8 Å². The molecule has 0 spiro atoms. The second-order valence-electron chi connectivity index (χ2n) is 3.39. The number of carbonyl (C=O) groups excluding carboxylic acids is 2. The summed E-state index contributed by atoms with van der Waals surface area (Å²) in [6, 6.07) is 4.11. The standard InChI is InChI=1S/C13H12FNO2/c1-10(17)15-7-3-2-4-11-5-6-13(14)12(8-11)9-16/h5-6,8-9H,3,7H2,1H3,(H,15,17). The summed E-state index contributed by atoms with van der Waals surface area (Å²) in [5, 5.41) is 2.61. The zero-order valence-corrected chi connectivity index (χ0v) is 9.42. The van der Waals surface area contributed by atoms with Crippen molar-refractivity contribution in [1.29, 1.82) is 0 Å².